The number of imidazole rings is 1. The Morgan fingerprint density at radius 3 is 2.81 bits per heavy atom. The van der Waals surface area contributed by atoms with Gasteiger partial charge in [0, 0.05) is 24.9 Å². The highest BCUT2D eigenvalue weighted by atomic mass is 32.1. The highest BCUT2D eigenvalue weighted by Crippen LogP contribution is 2.18. The molecule has 7 heteroatoms. The zero-order valence-electron chi connectivity index (χ0n) is 15.5. The maximum atomic E-state index is 4.64. The molecule has 0 bridgehead atoms. The van der Waals surface area contributed by atoms with Crippen LogP contribution in [0.5, 0.6) is 0 Å². The van der Waals surface area contributed by atoms with Crippen molar-refractivity contribution in [3.8, 4) is 0 Å². The molecule has 3 N–H and O–H groups in total. The quantitative estimate of drug-likeness (QED) is 0.440. The maximum Gasteiger partial charge on any atom is 0.191 e. The second kappa shape index (κ2) is 8.80. The molecule has 0 saturated carbocycles. The first-order valence-electron chi connectivity index (χ1n) is 9.05. The number of hydrogen-bond acceptors (Lipinski definition) is 4. The van der Waals surface area contributed by atoms with Gasteiger partial charge in [-0.25, -0.2) is 15.0 Å². The summed E-state index contributed by atoms with van der Waals surface area (Å²) in [4.78, 5) is 17.2. The Bertz CT molecular complexity index is 831. The first-order chi connectivity index (χ1) is 12.7. The van der Waals surface area contributed by atoms with E-state index in [0.29, 0.717) is 12.5 Å². The van der Waals surface area contributed by atoms with Gasteiger partial charge < -0.3 is 15.6 Å². The van der Waals surface area contributed by atoms with Gasteiger partial charge in [0.05, 0.1) is 23.3 Å². The molecule has 3 rings (SSSR count). The molecule has 0 spiro atoms. The van der Waals surface area contributed by atoms with Gasteiger partial charge in [-0.2, -0.15) is 0 Å². The van der Waals surface area contributed by atoms with E-state index in [9.17, 15) is 0 Å². The minimum Gasteiger partial charge on any atom is -0.357 e. The zero-order chi connectivity index (χ0) is 18.4. The molecule has 0 aliphatic carbocycles. The van der Waals surface area contributed by atoms with Crippen LogP contribution in [-0.2, 0) is 13.0 Å². The lowest BCUT2D eigenvalue weighted by atomic mass is 10.2. The number of benzene rings is 1. The molecule has 0 aliphatic rings. The fourth-order valence-corrected chi connectivity index (χ4v) is 3.45. The standard InChI is InChI=1S/C19H26N6S/c1-4-20-19(22-11-18-25-16(12-26-18)13(2)3)21-10-9-17-23-14-7-5-6-8-15(14)24-17/h5-8,12-13H,4,9-11H2,1-3H3,(H,23,24)(H2,20,21,22). The number of aliphatic imine (C=N–C) groups is 1. The number of nitrogens with one attached hydrogen (secondary N) is 3. The summed E-state index contributed by atoms with van der Waals surface area (Å²) in [7, 11) is 0. The van der Waals surface area contributed by atoms with Gasteiger partial charge in [-0.3, -0.25) is 0 Å². The topological polar surface area (TPSA) is 78.0 Å². The molecule has 0 fully saturated rings. The smallest absolute Gasteiger partial charge is 0.191 e. The Labute approximate surface area is 158 Å². The van der Waals surface area contributed by atoms with E-state index in [1.807, 2.05) is 24.3 Å². The molecule has 0 saturated heterocycles. The first kappa shape index (κ1) is 18.4. The van der Waals surface area contributed by atoms with Gasteiger partial charge in [0.15, 0.2) is 5.96 Å². The summed E-state index contributed by atoms with van der Waals surface area (Å²) in [6.45, 7) is 8.57. The van der Waals surface area contributed by atoms with Crippen molar-refractivity contribution in [2.45, 2.75) is 39.7 Å². The fourth-order valence-electron chi connectivity index (χ4n) is 2.57. The summed E-state index contributed by atoms with van der Waals surface area (Å²) in [5.74, 6) is 2.25. The average molecular weight is 371 g/mol. The van der Waals surface area contributed by atoms with Crippen LogP contribution in [0.25, 0.3) is 11.0 Å². The van der Waals surface area contributed by atoms with Crippen LogP contribution in [0.3, 0.4) is 0 Å². The second-order valence-electron chi connectivity index (χ2n) is 6.39. The van der Waals surface area contributed by atoms with Crippen molar-refractivity contribution in [1.29, 1.82) is 0 Å². The van der Waals surface area contributed by atoms with Crippen LogP contribution >= 0.6 is 11.3 Å². The fraction of sp³-hybridized carbons (Fsp3) is 0.421. The van der Waals surface area contributed by atoms with E-state index in [1.54, 1.807) is 11.3 Å². The number of H-pyrrole nitrogens is 1. The van der Waals surface area contributed by atoms with Crippen LogP contribution in [0.4, 0.5) is 0 Å². The van der Waals surface area contributed by atoms with Crippen molar-refractivity contribution in [2.24, 2.45) is 4.99 Å². The van der Waals surface area contributed by atoms with Crippen molar-refractivity contribution >= 4 is 28.3 Å². The van der Waals surface area contributed by atoms with Crippen LogP contribution in [-0.4, -0.2) is 34.0 Å². The number of aromatic nitrogens is 3. The summed E-state index contributed by atoms with van der Waals surface area (Å²) in [6.07, 6.45) is 0.813. The van der Waals surface area contributed by atoms with E-state index in [0.717, 1.165) is 53.0 Å². The molecule has 138 valence electrons. The Balaban J connectivity index is 1.55. The third kappa shape index (κ3) is 4.82. The van der Waals surface area contributed by atoms with Crippen molar-refractivity contribution < 1.29 is 0 Å². The molecule has 6 nitrogen and oxygen atoms in total. The molecule has 0 amide bonds. The number of hydrogen-bond donors (Lipinski definition) is 3. The van der Waals surface area contributed by atoms with Crippen molar-refractivity contribution in [1.82, 2.24) is 25.6 Å². The number of nitrogens with zero attached hydrogens (tertiary/aromatic N) is 3. The van der Waals surface area contributed by atoms with Crippen LogP contribution in [0.15, 0.2) is 34.6 Å². The van der Waals surface area contributed by atoms with Crippen LogP contribution in [0, 0.1) is 0 Å². The Morgan fingerprint density at radius 2 is 2.08 bits per heavy atom. The molecule has 26 heavy (non-hydrogen) atoms. The summed E-state index contributed by atoms with van der Waals surface area (Å²) in [5.41, 5.74) is 3.23. The van der Waals surface area contributed by atoms with Gasteiger partial charge in [0.2, 0.25) is 0 Å². The lowest BCUT2D eigenvalue weighted by Gasteiger charge is -2.10. The normalized spacial score (nSPS) is 12.1. The van der Waals surface area contributed by atoms with E-state index in [4.69, 9.17) is 0 Å². The highest BCUT2D eigenvalue weighted by Gasteiger charge is 2.06. The highest BCUT2D eigenvalue weighted by molar-refractivity contribution is 7.09. The lowest BCUT2D eigenvalue weighted by Crippen LogP contribution is -2.38. The summed E-state index contributed by atoms with van der Waals surface area (Å²) < 4.78 is 0. The summed E-state index contributed by atoms with van der Waals surface area (Å²) >= 11 is 1.67. The molecule has 2 heterocycles. The van der Waals surface area contributed by atoms with E-state index in [-0.39, 0.29) is 0 Å². The van der Waals surface area contributed by atoms with Gasteiger partial charge >= 0.3 is 0 Å². The first-order valence-corrected chi connectivity index (χ1v) is 9.93. The molecule has 0 unspecified atom stereocenters. The number of aromatic amines is 1. The number of rotatable bonds is 7. The number of fused-ring (bicyclic) bond motifs is 1. The van der Waals surface area contributed by atoms with Crippen molar-refractivity contribution in [2.75, 3.05) is 13.1 Å². The van der Waals surface area contributed by atoms with Crippen LogP contribution < -0.4 is 10.6 Å². The van der Waals surface area contributed by atoms with Gasteiger partial charge in [-0.05, 0) is 25.0 Å². The van der Waals surface area contributed by atoms with Gasteiger partial charge in [-0.1, -0.05) is 26.0 Å². The number of para-hydroxylation sites is 2. The summed E-state index contributed by atoms with van der Waals surface area (Å²) in [6, 6.07) is 8.09. The largest absolute Gasteiger partial charge is 0.357 e. The van der Waals surface area contributed by atoms with Gasteiger partial charge in [-0.15, -0.1) is 11.3 Å². The van der Waals surface area contributed by atoms with Crippen LogP contribution in [0.1, 0.15) is 43.2 Å². The molecule has 2 aromatic heterocycles. The minimum atomic E-state index is 0.458. The molecule has 0 radical (unpaired) electrons. The Morgan fingerprint density at radius 1 is 1.23 bits per heavy atom. The molecule has 1 aromatic carbocycles. The van der Waals surface area contributed by atoms with E-state index in [2.05, 4.69) is 56.7 Å². The predicted molar refractivity (Wildman–Crippen MR) is 109 cm³/mol. The SMILES string of the molecule is CCNC(=NCc1nc(C(C)C)cs1)NCCc1nc2ccccc2[nH]1. The molecule has 0 aliphatic heterocycles. The second-order valence-corrected chi connectivity index (χ2v) is 7.34. The molecular formula is C19H26N6S. The maximum absolute atomic E-state index is 4.64. The van der Waals surface area contributed by atoms with Gasteiger partial charge in [0.25, 0.3) is 0 Å². The van der Waals surface area contributed by atoms with Crippen molar-refractivity contribution in [3.05, 3.63) is 46.2 Å². The minimum absolute atomic E-state index is 0.458. The van der Waals surface area contributed by atoms with E-state index < -0.39 is 0 Å². The lowest BCUT2D eigenvalue weighted by molar-refractivity contribution is 0.777. The molecular weight excluding hydrogens is 344 g/mol. The van der Waals surface area contributed by atoms with Crippen LogP contribution in [0.2, 0.25) is 0 Å². The monoisotopic (exact) mass is 370 g/mol. The zero-order valence-corrected chi connectivity index (χ0v) is 16.4. The van der Waals surface area contributed by atoms with Crippen molar-refractivity contribution in [3.63, 3.8) is 0 Å². The third-order valence-corrected chi connectivity index (χ3v) is 4.82. The average Bonchev–Trinajstić information content (AvgIpc) is 3.26. The Kier molecular flexibility index (Phi) is 6.22. The number of thiazole rings is 1. The third-order valence-electron chi connectivity index (χ3n) is 3.97. The van der Waals surface area contributed by atoms with Gasteiger partial charge in [0.1, 0.15) is 10.8 Å². The number of guanidine groups is 1. The van der Waals surface area contributed by atoms with E-state index in [1.165, 1.54) is 0 Å². The predicted octanol–water partition coefficient (Wildman–Crippen LogP) is 3.44. The molecule has 0 atom stereocenters. The summed E-state index contributed by atoms with van der Waals surface area (Å²) in [5, 5.41) is 9.82. The Hall–Kier alpha value is -2.41. The molecule has 3 aromatic rings. The van der Waals surface area contributed by atoms with E-state index >= 15 is 0 Å².